The molecule has 0 aliphatic rings. The van der Waals surface area contributed by atoms with Crippen LogP contribution in [0.15, 0.2) is 42.5 Å². The summed E-state index contributed by atoms with van der Waals surface area (Å²) in [5, 5.41) is 0. The number of Topliss-reactive ketones (excluding diaryl/α,β-unsaturated/α-hetero) is 1. The van der Waals surface area contributed by atoms with Gasteiger partial charge in [0.1, 0.15) is 0 Å². The van der Waals surface area contributed by atoms with Crippen molar-refractivity contribution in [2.45, 2.75) is 13.0 Å². The molecule has 2 N–H and O–H groups in total. The zero-order valence-corrected chi connectivity index (χ0v) is 11.2. The zero-order valence-electron chi connectivity index (χ0n) is 11.2. The Morgan fingerprint density at radius 2 is 1.90 bits per heavy atom. The largest absolute Gasteiger partial charge is 0.494 e. The molecule has 0 unspecified atom stereocenters. The number of ether oxygens (including phenoxy) is 1. The number of hydrogen-bond donors (Lipinski definition) is 1. The van der Waals surface area contributed by atoms with Crippen LogP contribution < -0.4 is 10.5 Å². The van der Waals surface area contributed by atoms with Gasteiger partial charge in [-0.1, -0.05) is 36.4 Å². The van der Waals surface area contributed by atoms with Gasteiger partial charge in [-0.3, -0.25) is 4.79 Å². The van der Waals surface area contributed by atoms with E-state index < -0.39 is 5.82 Å². The lowest BCUT2D eigenvalue weighted by Crippen LogP contribution is -2.06. The molecular weight excluding hydrogens is 257 g/mol. The molecule has 0 saturated heterocycles. The molecule has 0 amide bonds. The quantitative estimate of drug-likeness (QED) is 0.852. The van der Waals surface area contributed by atoms with Gasteiger partial charge in [0.05, 0.1) is 7.11 Å². The number of hydrogen-bond acceptors (Lipinski definition) is 3. The first kappa shape index (κ1) is 14.2. The highest BCUT2D eigenvalue weighted by molar-refractivity contribution is 5.97. The van der Waals surface area contributed by atoms with E-state index in [4.69, 9.17) is 10.5 Å². The third-order valence-electron chi connectivity index (χ3n) is 3.13. The normalized spacial score (nSPS) is 10.3. The Morgan fingerprint density at radius 1 is 1.20 bits per heavy atom. The van der Waals surface area contributed by atoms with E-state index in [2.05, 4.69) is 0 Å². The minimum atomic E-state index is -0.484. The molecule has 0 aliphatic carbocycles. The number of carbonyl (C=O) groups excluding carboxylic acids is 1. The summed E-state index contributed by atoms with van der Waals surface area (Å²) < 4.78 is 18.9. The second-order valence-electron chi connectivity index (χ2n) is 4.43. The summed E-state index contributed by atoms with van der Waals surface area (Å²) in [6, 6.07) is 11.8. The number of carbonyl (C=O) groups is 1. The summed E-state index contributed by atoms with van der Waals surface area (Å²) >= 11 is 0. The lowest BCUT2D eigenvalue weighted by Gasteiger charge is -2.07. The molecule has 2 aromatic carbocycles. The summed E-state index contributed by atoms with van der Waals surface area (Å²) in [5.74, 6) is -0.476. The number of methoxy groups -OCH3 is 1. The van der Waals surface area contributed by atoms with Gasteiger partial charge in [-0.05, 0) is 17.2 Å². The van der Waals surface area contributed by atoms with Gasteiger partial charge < -0.3 is 10.5 Å². The SMILES string of the molecule is COc1cccc(CC(=O)c2ccc(CN)cc2)c1F. The van der Waals surface area contributed by atoms with Gasteiger partial charge in [0.25, 0.3) is 0 Å². The molecule has 3 nitrogen and oxygen atoms in total. The summed E-state index contributed by atoms with van der Waals surface area (Å²) in [7, 11) is 1.40. The molecular formula is C16H16FNO2. The fraction of sp³-hybridized carbons (Fsp3) is 0.188. The molecule has 0 atom stereocenters. The molecule has 104 valence electrons. The smallest absolute Gasteiger partial charge is 0.168 e. The zero-order chi connectivity index (χ0) is 14.5. The standard InChI is InChI=1S/C16H16FNO2/c1-20-15-4-2-3-13(16(15)17)9-14(19)12-7-5-11(10-18)6-8-12/h2-8H,9-10,18H2,1H3. The molecule has 20 heavy (non-hydrogen) atoms. The molecule has 0 saturated carbocycles. The molecule has 0 heterocycles. The summed E-state index contributed by atoms with van der Waals surface area (Å²) in [6.45, 7) is 0.430. The van der Waals surface area contributed by atoms with E-state index in [-0.39, 0.29) is 18.0 Å². The predicted molar refractivity (Wildman–Crippen MR) is 75.3 cm³/mol. The van der Waals surface area contributed by atoms with E-state index >= 15 is 0 Å². The molecule has 0 bridgehead atoms. The average molecular weight is 273 g/mol. The van der Waals surface area contributed by atoms with Crippen molar-refractivity contribution in [3.8, 4) is 5.75 Å². The summed E-state index contributed by atoms with van der Waals surface area (Å²) in [4.78, 5) is 12.1. The van der Waals surface area contributed by atoms with Crippen molar-refractivity contribution >= 4 is 5.78 Å². The maximum absolute atomic E-state index is 14.0. The molecule has 0 spiro atoms. The van der Waals surface area contributed by atoms with Crippen LogP contribution >= 0.6 is 0 Å². The minimum Gasteiger partial charge on any atom is -0.494 e. The van der Waals surface area contributed by atoms with Crippen LogP contribution in [0, 0.1) is 5.82 Å². The van der Waals surface area contributed by atoms with Gasteiger partial charge in [0.15, 0.2) is 17.3 Å². The van der Waals surface area contributed by atoms with Crippen LogP contribution in [0.5, 0.6) is 5.75 Å². The highest BCUT2D eigenvalue weighted by Crippen LogP contribution is 2.21. The average Bonchev–Trinajstić information content (AvgIpc) is 2.49. The number of benzene rings is 2. The first-order valence-corrected chi connectivity index (χ1v) is 6.29. The third kappa shape index (κ3) is 3.03. The molecule has 4 heteroatoms. The molecule has 0 aliphatic heterocycles. The molecule has 0 radical (unpaired) electrons. The van der Waals surface area contributed by atoms with E-state index in [0.717, 1.165) is 5.56 Å². The lowest BCUT2D eigenvalue weighted by atomic mass is 10.0. The highest BCUT2D eigenvalue weighted by Gasteiger charge is 2.13. The van der Waals surface area contributed by atoms with Crippen molar-refractivity contribution in [3.63, 3.8) is 0 Å². The Kier molecular flexibility index (Phi) is 4.48. The van der Waals surface area contributed by atoms with Crippen molar-refractivity contribution in [2.24, 2.45) is 5.73 Å². The van der Waals surface area contributed by atoms with Gasteiger partial charge in [-0.2, -0.15) is 0 Å². The van der Waals surface area contributed by atoms with Crippen LogP contribution in [-0.2, 0) is 13.0 Å². The Balaban J connectivity index is 2.18. The van der Waals surface area contributed by atoms with Crippen LogP contribution in [0.25, 0.3) is 0 Å². The van der Waals surface area contributed by atoms with Crippen molar-refractivity contribution in [1.82, 2.24) is 0 Å². The summed E-state index contributed by atoms with van der Waals surface area (Å²) in [6.07, 6.45) is 0.00497. The Bertz CT molecular complexity index is 608. The maximum Gasteiger partial charge on any atom is 0.168 e. The van der Waals surface area contributed by atoms with Crippen molar-refractivity contribution in [1.29, 1.82) is 0 Å². The molecule has 2 rings (SSSR count). The summed E-state index contributed by atoms with van der Waals surface area (Å²) in [5.41, 5.74) is 7.33. The van der Waals surface area contributed by atoms with Gasteiger partial charge in [-0.25, -0.2) is 4.39 Å². The van der Waals surface area contributed by atoms with Crippen molar-refractivity contribution in [3.05, 3.63) is 65.0 Å². The van der Waals surface area contributed by atoms with Crippen molar-refractivity contribution in [2.75, 3.05) is 7.11 Å². The number of rotatable bonds is 5. The van der Waals surface area contributed by atoms with Gasteiger partial charge in [0.2, 0.25) is 0 Å². The van der Waals surface area contributed by atoms with Crippen LogP contribution in [0.2, 0.25) is 0 Å². The first-order valence-electron chi connectivity index (χ1n) is 6.29. The van der Waals surface area contributed by atoms with E-state index in [1.54, 1.807) is 36.4 Å². The highest BCUT2D eigenvalue weighted by atomic mass is 19.1. The fourth-order valence-electron chi connectivity index (χ4n) is 1.95. The number of halogens is 1. The monoisotopic (exact) mass is 273 g/mol. The van der Waals surface area contributed by atoms with Crippen LogP contribution in [-0.4, -0.2) is 12.9 Å². The van der Waals surface area contributed by atoms with Crippen LogP contribution in [0.3, 0.4) is 0 Å². The molecule has 0 aromatic heterocycles. The Morgan fingerprint density at radius 3 is 2.50 bits per heavy atom. The van der Waals surface area contributed by atoms with E-state index in [0.29, 0.717) is 17.7 Å². The Labute approximate surface area is 117 Å². The fourth-order valence-corrected chi connectivity index (χ4v) is 1.95. The Hall–Kier alpha value is -2.20. The van der Waals surface area contributed by atoms with Crippen molar-refractivity contribution < 1.29 is 13.9 Å². The van der Waals surface area contributed by atoms with Gasteiger partial charge in [0, 0.05) is 18.5 Å². The number of nitrogens with two attached hydrogens (primary N) is 1. The van der Waals surface area contributed by atoms with Crippen LogP contribution in [0.1, 0.15) is 21.5 Å². The van der Waals surface area contributed by atoms with Crippen LogP contribution in [0.4, 0.5) is 4.39 Å². The first-order chi connectivity index (χ1) is 9.65. The van der Waals surface area contributed by atoms with Gasteiger partial charge >= 0.3 is 0 Å². The predicted octanol–water partition coefficient (Wildman–Crippen LogP) is 2.72. The van der Waals surface area contributed by atoms with E-state index in [9.17, 15) is 9.18 Å². The van der Waals surface area contributed by atoms with E-state index in [1.807, 2.05) is 0 Å². The van der Waals surface area contributed by atoms with E-state index in [1.165, 1.54) is 13.2 Å². The third-order valence-corrected chi connectivity index (χ3v) is 3.13. The lowest BCUT2D eigenvalue weighted by molar-refractivity contribution is 0.0991. The van der Waals surface area contributed by atoms with Gasteiger partial charge in [-0.15, -0.1) is 0 Å². The second-order valence-corrected chi connectivity index (χ2v) is 4.43. The molecule has 0 fully saturated rings. The maximum atomic E-state index is 14.0. The second kappa shape index (κ2) is 6.30. The topological polar surface area (TPSA) is 52.3 Å². The number of ketones is 1. The minimum absolute atomic E-state index is 0.00497. The molecule has 2 aromatic rings.